The number of aryl methyl sites for hydroxylation is 4. The van der Waals surface area contributed by atoms with Crippen LogP contribution in [0.25, 0.3) is 12.2 Å². The van der Waals surface area contributed by atoms with Gasteiger partial charge in [0.15, 0.2) is 0 Å². The molecule has 6 heteroatoms. The summed E-state index contributed by atoms with van der Waals surface area (Å²) in [5, 5.41) is 36.9. The number of phenols is 2. The molecular formula is C30H28N4O2. The molecular weight excluding hydrogens is 448 g/mol. The minimum atomic E-state index is 0.295. The van der Waals surface area contributed by atoms with Gasteiger partial charge < -0.3 is 10.2 Å². The van der Waals surface area contributed by atoms with Crippen molar-refractivity contribution in [2.75, 3.05) is 0 Å². The lowest BCUT2D eigenvalue weighted by atomic mass is 10.1. The second-order valence-electron chi connectivity index (χ2n) is 8.77. The molecule has 4 rings (SSSR count). The highest BCUT2D eigenvalue weighted by atomic mass is 16.3. The van der Waals surface area contributed by atoms with Gasteiger partial charge >= 0.3 is 0 Å². The molecule has 0 saturated heterocycles. The average molecular weight is 477 g/mol. The van der Waals surface area contributed by atoms with E-state index in [9.17, 15) is 10.2 Å². The van der Waals surface area contributed by atoms with Crippen LogP contribution in [0.1, 0.15) is 33.4 Å². The number of benzene rings is 4. The third kappa shape index (κ3) is 6.10. The number of nitrogens with zero attached hydrogens (tertiary/aromatic N) is 4. The molecule has 4 aromatic rings. The minimum Gasteiger partial charge on any atom is -0.507 e. The van der Waals surface area contributed by atoms with Gasteiger partial charge in [-0.2, -0.15) is 20.5 Å². The maximum absolute atomic E-state index is 9.89. The first kappa shape index (κ1) is 24.5. The van der Waals surface area contributed by atoms with Crippen molar-refractivity contribution in [2.45, 2.75) is 27.7 Å². The van der Waals surface area contributed by atoms with Gasteiger partial charge in [-0.05, 0) is 110 Å². The van der Waals surface area contributed by atoms with E-state index in [1.807, 2.05) is 113 Å². The number of hydrogen-bond donors (Lipinski definition) is 2. The van der Waals surface area contributed by atoms with E-state index in [-0.39, 0.29) is 0 Å². The Bertz CT molecular complexity index is 1310. The molecule has 0 amide bonds. The fourth-order valence-corrected chi connectivity index (χ4v) is 3.71. The molecule has 4 aromatic carbocycles. The molecule has 0 aliphatic heterocycles. The Hall–Kier alpha value is -4.58. The van der Waals surface area contributed by atoms with Crippen LogP contribution >= 0.6 is 0 Å². The van der Waals surface area contributed by atoms with Gasteiger partial charge in [-0.25, -0.2) is 0 Å². The molecule has 0 unspecified atom stereocenters. The number of azo groups is 2. The molecule has 36 heavy (non-hydrogen) atoms. The van der Waals surface area contributed by atoms with Crippen LogP contribution in [0.2, 0.25) is 0 Å². The van der Waals surface area contributed by atoms with E-state index >= 15 is 0 Å². The van der Waals surface area contributed by atoms with E-state index in [2.05, 4.69) is 20.5 Å². The summed E-state index contributed by atoms with van der Waals surface area (Å²) >= 11 is 0. The highest BCUT2D eigenvalue weighted by molar-refractivity contribution is 5.70. The average Bonchev–Trinajstić information content (AvgIpc) is 2.87. The summed E-state index contributed by atoms with van der Waals surface area (Å²) in [5.74, 6) is 0.590. The summed E-state index contributed by atoms with van der Waals surface area (Å²) in [7, 11) is 0. The van der Waals surface area contributed by atoms with Gasteiger partial charge in [-0.15, -0.1) is 0 Å². The largest absolute Gasteiger partial charge is 0.507 e. The van der Waals surface area contributed by atoms with Crippen LogP contribution < -0.4 is 0 Å². The summed E-state index contributed by atoms with van der Waals surface area (Å²) < 4.78 is 0. The van der Waals surface area contributed by atoms with Gasteiger partial charge in [0.25, 0.3) is 0 Å². The zero-order valence-corrected chi connectivity index (χ0v) is 20.8. The molecule has 0 spiro atoms. The third-order valence-electron chi connectivity index (χ3n) is 5.77. The standard InChI is InChI=1S/C30H28N4O2/c1-19-15-27(16-20(2)29(19)35)33-31-25-11-7-23(8-12-25)5-6-24-9-13-26(14-10-24)32-34-28-17-21(3)30(36)22(4)18-28/h5-18,35-36H,1-4H3/b6-5+,33-31?,34-32?. The van der Waals surface area contributed by atoms with Gasteiger partial charge in [-0.1, -0.05) is 36.4 Å². The fraction of sp³-hybridized carbons (Fsp3) is 0.133. The van der Waals surface area contributed by atoms with Crippen LogP contribution in [0.3, 0.4) is 0 Å². The van der Waals surface area contributed by atoms with E-state index in [4.69, 9.17) is 0 Å². The normalized spacial score (nSPS) is 11.8. The first-order valence-corrected chi connectivity index (χ1v) is 11.6. The second kappa shape index (κ2) is 10.8. The van der Waals surface area contributed by atoms with Crippen molar-refractivity contribution in [3.8, 4) is 11.5 Å². The number of rotatable bonds is 6. The third-order valence-corrected chi connectivity index (χ3v) is 5.77. The molecule has 0 saturated carbocycles. The summed E-state index contributed by atoms with van der Waals surface area (Å²) in [6, 6.07) is 22.9. The minimum absolute atomic E-state index is 0.295. The van der Waals surface area contributed by atoms with Crippen molar-refractivity contribution >= 4 is 34.9 Å². The van der Waals surface area contributed by atoms with Crippen molar-refractivity contribution in [3.05, 3.63) is 106 Å². The molecule has 0 radical (unpaired) electrons. The molecule has 0 atom stereocenters. The van der Waals surface area contributed by atoms with Crippen molar-refractivity contribution in [1.82, 2.24) is 0 Å². The summed E-state index contributed by atoms with van der Waals surface area (Å²) in [4.78, 5) is 0. The van der Waals surface area contributed by atoms with Crippen LogP contribution in [0, 0.1) is 27.7 Å². The molecule has 2 N–H and O–H groups in total. The molecule has 0 aromatic heterocycles. The Labute approximate surface area is 211 Å². The first-order chi connectivity index (χ1) is 17.3. The van der Waals surface area contributed by atoms with Gasteiger partial charge in [0.2, 0.25) is 0 Å². The lowest BCUT2D eigenvalue weighted by Gasteiger charge is -2.03. The Morgan fingerprint density at radius 1 is 0.444 bits per heavy atom. The Morgan fingerprint density at radius 2 is 0.722 bits per heavy atom. The van der Waals surface area contributed by atoms with Crippen LogP contribution in [-0.4, -0.2) is 10.2 Å². The molecule has 0 aliphatic rings. The molecule has 6 nitrogen and oxygen atoms in total. The van der Waals surface area contributed by atoms with E-state index < -0.39 is 0 Å². The van der Waals surface area contributed by atoms with Crippen molar-refractivity contribution in [1.29, 1.82) is 0 Å². The van der Waals surface area contributed by atoms with E-state index in [0.717, 1.165) is 44.8 Å². The molecule has 0 bridgehead atoms. The van der Waals surface area contributed by atoms with E-state index in [1.165, 1.54) is 0 Å². The van der Waals surface area contributed by atoms with Crippen molar-refractivity contribution in [2.24, 2.45) is 20.5 Å². The molecule has 180 valence electrons. The van der Waals surface area contributed by atoms with Crippen LogP contribution in [-0.2, 0) is 0 Å². The number of hydrogen-bond acceptors (Lipinski definition) is 6. The van der Waals surface area contributed by atoms with Gasteiger partial charge in [0, 0.05) is 0 Å². The number of phenolic OH excluding ortho intramolecular Hbond substituents is 2. The Morgan fingerprint density at radius 3 is 1.03 bits per heavy atom. The first-order valence-electron chi connectivity index (χ1n) is 11.6. The molecule has 0 aliphatic carbocycles. The zero-order valence-electron chi connectivity index (χ0n) is 20.8. The Kier molecular flexibility index (Phi) is 7.35. The monoisotopic (exact) mass is 476 g/mol. The summed E-state index contributed by atoms with van der Waals surface area (Å²) in [6.45, 7) is 7.39. The fourth-order valence-electron chi connectivity index (χ4n) is 3.71. The lowest BCUT2D eigenvalue weighted by Crippen LogP contribution is -1.79. The van der Waals surface area contributed by atoms with E-state index in [0.29, 0.717) is 22.9 Å². The quantitative estimate of drug-likeness (QED) is 0.214. The van der Waals surface area contributed by atoms with Gasteiger partial charge in [0.05, 0.1) is 22.7 Å². The van der Waals surface area contributed by atoms with Crippen LogP contribution in [0.4, 0.5) is 22.7 Å². The van der Waals surface area contributed by atoms with Crippen LogP contribution in [0.5, 0.6) is 11.5 Å². The Balaban J connectivity index is 1.38. The maximum Gasteiger partial charge on any atom is 0.121 e. The topological polar surface area (TPSA) is 89.9 Å². The molecule has 0 heterocycles. The smallest absolute Gasteiger partial charge is 0.121 e. The van der Waals surface area contributed by atoms with E-state index in [1.54, 1.807) is 0 Å². The highest BCUT2D eigenvalue weighted by Gasteiger charge is 2.04. The van der Waals surface area contributed by atoms with Crippen molar-refractivity contribution < 1.29 is 10.2 Å². The predicted molar refractivity (Wildman–Crippen MR) is 145 cm³/mol. The summed E-state index contributed by atoms with van der Waals surface area (Å²) in [6.07, 6.45) is 4.07. The maximum atomic E-state index is 9.89. The zero-order chi connectivity index (χ0) is 25.7. The lowest BCUT2D eigenvalue weighted by molar-refractivity contribution is 0.466. The predicted octanol–water partition coefficient (Wildman–Crippen LogP) is 9.33. The summed E-state index contributed by atoms with van der Waals surface area (Å²) in [5.41, 5.74) is 8.15. The van der Waals surface area contributed by atoms with Gasteiger partial charge in [-0.3, -0.25) is 0 Å². The van der Waals surface area contributed by atoms with Crippen molar-refractivity contribution in [3.63, 3.8) is 0 Å². The number of aromatic hydroxyl groups is 2. The molecule has 0 fully saturated rings. The van der Waals surface area contributed by atoms with Crippen LogP contribution in [0.15, 0.2) is 93.3 Å². The SMILES string of the molecule is Cc1cc(N=Nc2ccc(/C=C/c3ccc(N=Nc4cc(C)c(O)c(C)c4)cc3)cc2)cc(C)c1O. The second-order valence-corrected chi connectivity index (χ2v) is 8.77. The highest BCUT2D eigenvalue weighted by Crippen LogP contribution is 2.30. The van der Waals surface area contributed by atoms with Gasteiger partial charge in [0.1, 0.15) is 11.5 Å².